The predicted molar refractivity (Wildman–Crippen MR) is 465 cm³/mol. The molecule has 4 heteroatoms. The van der Waals surface area contributed by atoms with Crippen molar-refractivity contribution in [2.45, 2.75) is 0 Å². The van der Waals surface area contributed by atoms with Gasteiger partial charge in [-0.25, -0.2) is 0 Å². The molecule has 0 aliphatic heterocycles. The molecule has 0 aliphatic carbocycles. The molecule has 110 heavy (non-hydrogen) atoms. The Labute approximate surface area is 638 Å². The maximum absolute atomic E-state index is 6.13. The average Bonchev–Trinajstić information content (AvgIpc) is 1.70. The number of anilines is 6. The van der Waals surface area contributed by atoms with Crippen LogP contribution in [-0.4, -0.2) is 0 Å². The van der Waals surface area contributed by atoms with E-state index in [2.05, 4.69) is 410 Å². The molecule has 4 nitrogen and oxygen atoms in total. The maximum atomic E-state index is 6.13. The smallest absolute Gasteiger partial charge is 0.135 e. The molecule has 2 aromatic heterocycles. The Balaban J connectivity index is 0.000000145. The molecule has 0 fully saturated rings. The predicted octanol–water partition coefficient (Wildman–Crippen LogP) is 30.4. The lowest BCUT2D eigenvalue weighted by atomic mass is 9.93. The Morgan fingerprint density at radius 3 is 0.745 bits per heavy atom. The van der Waals surface area contributed by atoms with Crippen LogP contribution in [0.5, 0.6) is 0 Å². The first-order valence-electron chi connectivity index (χ1n) is 37.6. The summed E-state index contributed by atoms with van der Waals surface area (Å²) in [6.07, 6.45) is 0. The Hall–Kier alpha value is -14.6. The zero-order valence-corrected chi connectivity index (χ0v) is 60.1. The molecular formula is C106H70N2O2. The third-order valence-electron chi connectivity index (χ3n) is 21.7. The Morgan fingerprint density at radius 2 is 0.373 bits per heavy atom. The summed E-state index contributed by atoms with van der Waals surface area (Å²) in [5.74, 6) is 0. The fourth-order valence-corrected chi connectivity index (χ4v) is 16.1. The van der Waals surface area contributed by atoms with Gasteiger partial charge in [0.05, 0.1) is 0 Å². The van der Waals surface area contributed by atoms with Crippen LogP contribution in [-0.2, 0) is 0 Å². The highest BCUT2D eigenvalue weighted by molar-refractivity contribution is 6.11. The van der Waals surface area contributed by atoms with E-state index in [0.29, 0.717) is 0 Å². The number of hydrogen-bond donors (Lipinski definition) is 0. The number of furan rings is 2. The summed E-state index contributed by atoms with van der Waals surface area (Å²) in [6.45, 7) is 0. The van der Waals surface area contributed by atoms with E-state index in [1.54, 1.807) is 0 Å². The van der Waals surface area contributed by atoms with E-state index in [1.807, 2.05) is 24.3 Å². The monoisotopic (exact) mass is 1400 g/mol. The zero-order valence-electron chi connectivity index (χ0n) is 60.1. The van der Waals surface area contributed by atoms with Crippen molar-refractivity contribution in [2.24, 2.45) is 0 Å². The first kappa shape index (κ1) is 65.0. The number of nitrogens with zero attached hydrogens (tertiary/aromatic N) is 2. The Bertz CT molecular complexity index is 6910. The van der Waals surface area contributed by atoms with Gasteiger partial charge in [-0.05, 0) is 248 Å². The average molecular weight is 1400 g/mol. The van der Waals surface area contributed by atoms with Crippen LogP contribution in [0.15, 0.2) is 433 Å². The molecule has 0 aliphatic rings. The topological polar surface area (TPSA) is 32.8 Å². The van der Waals surface area contributed by atoms with E-state index in [-0.39, 0.29) is 0 Å². The van der Waals surface area contributed by atoms with E-state index in [1.165, 1.54) is 98.7 Å². The molecule has 0 unspecified atom stereocenters. The van der Waals surface area contributed by atoms with Crippen LogP contribution in [0.25, 0.3) is 165 Å². The van der Waals surface area contributed by atoms with Gasteiger partial charge in [0, 0.05) is 55.7 Å². The van der Waals surface area contributed by atoms with E-state index in [0.717, 1.165) is 100 Å². The van der Waals surface area contributed by atoms with Crippen LogP contribution < -0.4 is 9.80 Å². The molecule has 19 aromatic carbocycles. The van der Waals surface area contributed by atoms with Crippen molar-refractivity contribution in [3.05, 3.63) is 425 Å². The lowest BCUT2D eigenvalue weighted by Crippen LogP contribution is -2.09. The Morgan fingerprint density at radius 1 is 0.127 bits per heavy atom. The van der Waals surface area contributed by atoms with Crippen molar-refractivity contribution in [1.82, 2.24) is 0 Å². The minimum absolute atomic E-state index is 0.906. The minimum Gasteiger partial charge on any atom is -0.456 e. The molecular weight excluding hydrogens is 1330 g/mol. The summed E-state index contributed by atoms with van der Waals surface area (Å²) in [6, 6.07) is 153. The van der Waals surface area contributed by atoms with Gasteiger partial charge in [-0.2, -0.15) is 0 Å². The molecule has 21 rings (SSSR count). The van der Waals surface area contributed by atoms with Crippen molar-refractivity contribution >= 4 is 121 Å². The van der Waals surface area contributed by atoms with E-state index < -0.39 is 0 Å². The van der Waals surface area contributed by atoms with Crippen molar-refractivity contribution in [3.8, 4) is 77.9 Å². The van der Waals surface area contributed by atoms with Crippen LogP contribution in [0.1, 0.15) is 0 Å². The third kappa shape index (κ3) is 12.4. The van der Waals surface area contributed by atoms with Gasteiger partial charge in [0.25, 0.3) is 0 Å². The largest absolute Gasteiger partial charge is 0.456 e. The standard InChI is InChI=1S/C56H37NO.C50H33NO/c1-3-11-38(12-4-1)45-33-46(39-13-5-2-6-14-39)35-47(34-45)41-23-28-49(29-24-41)57(50-30-31-52-44(36-50)20-19-42-15-7-8-16-51(42)52)48-26-21-40(22-27-48)43-25-32-56-54(37-43)53-17-9-10-18-55(53)58-56;1-2-8-34(9-3-1)35-14-16-36(17-15-35)37-20-25-42(26-21-37)51(44-29-30-46-41(32-44)19-18-39-10-4-5-11-45(39)46)43-27-22-38(23-28-43)40-24-31-50-48(33-40)47-12-6-7-13-49(47)52-50/h1-37H;1-33H. The molecule has 0 spiro atoms. The van der Waals surface area contributed by atoms with Crippen LogP contribution in [0.2, 0.25) is 0 Å². The molecule has 516 valence electrons. The number of fused-ring (bicyclic) bond motifs is 12. The second-order valence-electron chi connectivity index (χ2n) is 28.3. The van der Waals surface area contributed by atoms with Crippen LogP contribution in [0, 0.1) is 0 Å². The normalized spacial score (nSPS) is 11.5. The number of benzene rings is 19. The highest BCUT2D eigenvalue weighted by atomic mass is 16.3. The number of hydrogen-bond acceptors (Lipinski definition) is 4. The van der Waals surface area contributed by atoms with Gasteiger partial charge in [0.15, 0.2) is 0 Å². The minimum atomic E-state index is 0.906. The third-order valence-corrected chi connectivity index (χ3v) is 21.7. The molecule has 0 atom stereocenters. The van der Waals surface area contributed by atoms with Crippen LogP contribution >= 0.6 is 0 Å². The first-order valence-corrected chi connectivity index (χ1v) is 37.6. The van der Waals surface area contributed by atoms with Gasteiger partial charge in [-0.15, -0.1) is 0 Å². The number of para-hydroxylation sites is 2. The second kappa shape index (κ2) is 28.0. The van der Waals surface area contributed by atoms with Gasteiger partial charge in [-0.1, -0.05) is 297 Å². The van der Waals surface area contributed by atoms with Gasteiger partial charge < -0.3 is 18.6 Å². The molecule has 0 saturated carbocycles. The SMILES string of the molecule is c1ccc(-c2cc(-c3ccccc3)cc(-c3ccc(N(c4ccc(-c5ccc6oc7ccccc7c6c5)cc4)c4ccc5c(ccc6ccccc65)c4)cc3)c2)cc1.c1ccc(-c2ccc(-c3ccc(N(c4ccc(-c5ccc6oc7ccccc7c6c5)cc4)c4ccc5c(ccc6ccccc65)c4)cc3)cc2)cc1. The van der Waals surface area contributed by atoms with E-state index >= 15 is 0 Å². The summed E-state index contributed by atoms with van der Waals surface area (Å²) in [4.78, 5) is 4.72. The maximum Gasteiger partial charge on any atom is 0.135 e. The van der Waals surface area contributed by atoms with Crippen molar-refractivity contribution < 1.29 is 8.83 Å². The van der Waals surface area contributed by atoms with E-state index in [4.69, 9.17) is 8.83 Å². The van der Waals surface area contributed by atoms with Crippen molar-refractivity contribution in [3.63, 3.8) is 0 Å². The lowest BCUT2D eigenvalue weighted by Gasteiger charge is -2.26. The summed E-state index contributed by atoms with van der Waals surface area (Å²) >= 11 is 0. The molecule has 0 saturated heterocycles. The van der Waals surface area contributed by atoms with E-state index in [9.17, 15) is 0 Å². The van der Waals surface area contributed by atoms with Gasteiger partial charge in [-0.3, -0.25) is 0 Å². The van der Waals surface area contributed by atoms with Gasteiger partial charge >= 0.3 is 0 Å². The van der Waals surface area contributed by atoms with Gasteiger partial charge in [0.1, 0.15) is 22.3 Å². The summed E-state index contributed by atoms with van der Waals surface area (Å²) in [7, 11) is 0. The Kier molecular flexibility index (Phi) is 16.6. The quantitative estimate of drug-likeness (QED) is 0.108. The highest BCUT2D eigenvalue weighted by Gasteiger charge is 2.20. The molecule has 0 bridgehead atoms. The first-order chi connectivity index (χ1) is 54.5. The highest BCUT2D eigenvalue weighted by Crippen LogP contribution is 2.44. The van der Waals surface area contributed by atoms with Crippen molar-refractivity contribution in [2.75, 3.05) is 9.80 Å². The fraction of sp³-hybridized carbons (Fsp3) is 0. The zero-order chi connectivity index (χ0) is 72.9. The molecule has 0 N–H and O–H groups in total. The van der Waals surface area contributed by atoms with Crippen molar-refractivity contribution in [1.29, 1.82) is 0 Å². The fourth-order valence-electron chi connectivity index (χ4n) is 16.1. The van der Waals surface area contributed by atoms with Crippen LogP contribution in [0.3, 0.4) is 0 Å². The summed E-state index contributed by atoms with van der Waals surface area (Å²) < 4.78 is 12.2. The molecule has 0 amide bonds. The molecule has 0 radical (unpaired) electrons. The number of rotatable bonds is 13. The van der Waals surface area contributed by atoms with Crippen LogP contribution in [0.4, 0.5) is 34.1 Å². The second-order valence-corrected chi connectivity index (χ2v) is 28.3. The summed E-state index contributed by atoms with van der Waals surface area (Å²) in [5, 5.41) is 14.5. The summed E-state index contributed by atoms with van der Waals surface area (Å²) in [5.41, 5.74) is 26.9. The molecule has 21 aromatic rings. The lowest BCUT2D eigenvalue weighted by molar-refractivity contribution is 0.668. The van der Waals surface area contributed by atoms with Gasteiger partial charge in [0.2, 0.25) is 0 Å². The molecule has 2 heterocycles.